The number of ketones is 1. The molecule has 0 fully saturated rings. The van der Waals surface area contributed by atoms with Crippen molar-refractivity contribution in [3.05, 3.63) is 45.9 Å². The molecule has 0 spiro atoms. The first-order valence-corrected chi connectivity index (χ1v) is 9.22. The van der Waals surface area contributed by atoms with Gasteiger partial charge in [0.05, 0.1) is 32.9 Å². The Hall–Kier alpha value is -3.00. The second-order valence-corrected chi connectivity index (χ2v) is 6.59. The molecule has 2 aromatic carbocycles. The van der Waals surface area contributed by atoms with E-state index in [0.29, 0.717) is 22.8 Å². The third kappa shape index (κ3) is 5.29. The standard InChI is InChI=1S/C21H21BrO7/c1-12(23)29-19-11-14(25-2)10-18(28-5)20(19)21(24)15(22)8-13-6-7-16(26-3)17(9-13)27-4/h6-11H,1-5H3/b15-8-. The number of carbonyl (C=O) groups is 2. The Balaban J connectivity index is 2.52. The maximum atomic E-state index is 13.1. The maximum absolute atomic E-state index is 13.1. The first-order chi connectivity index (χ1) is 13.8. The zero-order valence-corrected chi connectivity index (χ0v) is 18.3. The fraction of sp³-hybridized carbons (Fsp3) is 0.238. The summed E-state index contributed by atoms with van der Waals surface area (Å²) in [6, 6.07) is 8.22. The van der Waals surface area contributed by atoms with E-state index in [4.69, 9.17) is 23.7 Å². The third-order valence-electron chi connectivity index (χ3n) is 3.89. The first-order valence-electron chi connectivity index (χ1n) is 8.43. The fourth-order valence-electron chi connectivity index (χ4n) is 2.58. The normalized spacial score (nSPS) is 10.9. The molecule has 0 radical (unpaired) electrons. The van der Waals surface area contributed by atoms with Gasteiger partial charge in [-0.25, -0.2) is 0 Å². The molecule has 0 aliphatic carbocycles. The van der Waals surface area contributed by atoms with Crippen LogP contribution >= 0.6 is 15.9 Å². The number of halogens is 1. The van der Waals surface area contributed by atoms with Gasteiger partial charge >= 0.3 is 5.97 Å². The minimum Gasteiger partial charge on any atom is -0.496 e. The fourth-order valence-corrected chi connectivity index (χ4v) is 3.04. The van der Waals surface area contributed by atoms with Crippen molar-refractivity contribution in [3.63, 3.8) is 0 Å². The second kappa shape index (κ2) is 9.97. The van der Waals surface area contributed by atoms with Gasteiger partial charge in [-0.1, -0.05) is 6.07 Å². The van der Waals surface area contributed by atoms with Crippen molar-refractivity contribution in [1.82, 2.24) is 0 Å². The Morgan fingerprint density at radius 2 is 1.45 bits per heavy atom. The topological polar surface area (TPSA) is 80.3 Å². The minimum absolute atomic E-state index is 0.0383. The minimum atomic E-state index is -0.575. The van der Waals surface area contributed by atoms with Crippen molar-refractivity contribution >= 4 is 33.8 Å². The van der Waals surface area contributed by atoms with E-state index >= 15 is 0 Å². The molecule has 29 heavy (non-hydrogen) atoms. The molecule has 0 heterocycles. The molecule has 0 amide bonds. The Morgan fingerprint density at radius 3 is 2.00 bits per heavy atom. The highest BCUT2D eigenvalue weighted by atomic mass is 79.9. The molecule has 0 N–H and O–H groups in total. The van der Waals surface area contributed by atoms with Crippen LogP contribution in [0.1, 0.15) is 22.8 Å². The molecule has 7 nitrogen and oxygen atoms in total. The summed E-state index contributed by atoms with van der Waals surface area (Å²) in [7, 11) is 5.94. The molecule has 0 unspecified atom stereocenters. The number of ether oxygens (including phenoxy) is 5. The Bertz CT molecular complexity index is 950. The second-order valence-electron chi connectivity index (χ2n) is 5.73. The lowest BCUT2D eigenvalue weighted by molar-refractivity contribution is -0.131. The summed E-state index contributed by atoms with van der Waals surface area (Å²) in [5.74, 6) is 0.719. The highest BCUT2D eigenvalue weighted by Crippen LogP contribution is 2.37. The highest BCUT2D eigenvalue weighted by Gasteiger charge is 2.24. The Kier molecular flexibility index (Phi) is 7.67. The molecule has 0 saturated heterocycles. The Morgan fingerprint density at radius 1 is 0.828 bits per heavy atom. The predicted octanol–water partition coefficient (Wildman–Crippen LogP) is 4.27. The van der Waals surface area contributed by atoms with Gasteiger partial charge in [0.25, 0.3) is 0 Å². The monoisotopic (exact) mass is 464 g/mol. The van der Waals surface area contributed by atoms with Crippen LogP contribution in [-0.2, 0) is 4.79 Å². The van der Waals surface area contributed by atoms with E-state index in [-0.39, 0.29) is 21.5 Å². The Labute approximate surface area is 177 Å². The van der Waals surface area contributed by atoms with E-state index in [0.717, 1.165) is 0 Å². The molecule has 2 aromatic rings. The van der Waals surface area contributed by atoms with Crippen LogP contribution in [0.5, 0.6) is 28.7 Å². The third-order valence-corrected chi connectivity index (χ3v) is 4.48. The summed E-state index contributed by atoms with van der Waals surface area (Å²) in [5.41, 5.74) is 0.788. The van der Waals surface area contributed by atoms with Gasteiger partial charge in [0.2, 0.25) is 5.78 Å². The van der Waals surface area contributed by atoms with E-state index in [2.05, 4.69) is 15.9 Å². The van der Waals surface area contributed by atoms with Gasteiger partial charge < -0.3 is 23.7 Å². The van der Waals surface area contributed by atoms with Crippen LogP contribution in [0.3, 0.4) is 0 Å². The smallest absolute Gasteiger partial charge is 0.308 e. The zero-order valence-electron chi connectivity index (χ0n) is 16.7. The van der Waals surface area contributed by atoms with Gasteiger partial charge in [-0.05, 0) is 39.7 Å². The molecule has 2 rings (SSSR count). The van der Waals surface area contributed by atoms with E-state index in [1.54, 1.807) is 31.4 Å². The number of hydrogen-bond donors (Lipinski definition) is 0. The summed E-state index contributed by atoms with van der Waals surface area (Å²) in [5, 5.41) is 0. The van der Waals surface area contributed by atoms with Gasteiger partial charge in [-0.3, -0.25) is 9.59 Å². The van der Waals surface area contributed by atoms with Crippen LogP contribution in [0.2, 0.25) is 0 Å². The lowest BCUT2D eigenvalue weighted by Crippen LogP contribution is -2.10. The molecule has 0 atom stereocenters. The van der Waals surface area contributed by atoms with E-state index in [1.165, 1.54) is 40.4 Å². The molecule has 0 bridgehead atoms. The first kappa shape index (κ1) is 22.3. The molecule has 0 saturated carbocycles. The van der Waals surface area contributed by atoms with Crippen LogP contribution in [0, 0.1) is 0 Å². The number of methoxy groups -OCH3 is 4. The maximum Gasteiger partial charge on any atom is 0.308 e. The van der Waals surface area contributed by atoms with Crippen LogP contribution in [0.25, 0.3) is 6.08 Å². The van der Waals surface area contributed by atoms with E-state index < -0.39 is 11.8 Å². The summed E-state index contributed by atoms with van der Waals surface area (Å²) < 4.78 is 26.4. The largest absolute Gasteiger partial charge is 0.496 e. The number of carbonyl (C=O) groups excluding carboxylic acids is 2. The summed E-state index contributed by atoms with van der Waals surface area (Å²) in [4.78, 5) is 24.6. The van der Waals surface area contributed by atoms with Crippen molar-refractivity contribution in [2.24, 2.45) is 0 Å². The number of rotatable bonds is 8. The van der Waals surface area contributed by atoms with Crippen molar-refractivity contribution in [3.8, 4) is 28.7 Å². The lowest BCUT2D eigenvalue weighted by Gasteiger charge is -2.14. The molecular formula is C21H21BrO7. The highest BCUT2D eigenvalue weighted by molar-refractivity contribution is 9.12. The molecule has 154 valence electrons. The van der Waals surface area contributed by atoms with Crippen LogP contribution in [0.15, 0.2) is 34.8 Å². The molecule has 0 aliphatic rings. The predicted molar refractivity (Wildman–Crippen MR) is 112 cm³/mol. The van der Waals surface area contributed by atoms with Crippen molar-refractivity contribution in [2.75, 3.05) is 28.4 Å². The molecule has 0 aromatic heterocycles. The lowest BCUT2D eigenvalue weighted by atomic mass is 10.1. The zero-order chi connectivity index (χ0) is 21.6. The van der Waals surface area contributed by atoms with E-state index in [1.807, 2.05) is 0 Å². The van der Waals surface area contributed by atoms with Gasteiger partial charge in [-0.15, -0.1) is 0 Å². The van der Waals surface area contributed by atoms with Gasteiger partial charge in [-0.2, -0.15) is 0 Å². The number of Topliss-reactive ketones (excluding diaryl/α,β-unsaturated/α-hetero) is 1. The number of esters is 1. The van der Waals surface area contributed by atoms with Crippen LogP contribution in [0.4, 0.5) is 0 Å². The average Bonchev–Trinajstić information content (AvgIpc) is 2.71. The summed E-state index contributed by atoms with van der Waals surface area (Å²) >= 11 is 3.31. The molecule has 8 heteroatoms. The molecule has 0 aliphatic heterocycles. The van der Waals surface area contributed by atoms with Crippen LogP contribution in [-0.4, -0.2) is 40.2 Å². The van der Waals surface area contributed by atoms with E-state index in [9.17, 15) is 9.59 Å². The summed E-state index contributed by atoms with van der Waals surface area (Å²) in [6.45, 7) is 1.24. The number of benzene rings is 2. The SMILES string of the molecule is COc1cc(OC)c(C(=O)/C(Br)=C/c2ccc(OC)c(OC)c2)c(OC(C)=O)c1. The number of hydrogen-bond acceptors (Lipinski definition) is 7. The van der Waals surface area contributed by atoms with Crippen LogP contribution < -0.4 is 23.7 Å². The average molecular weight is 465 g/mol. The quantitative estimate of drug-likeness (QED) is 0.249. The van der Waals surface area contributed by atoms with Crippen molar-refractivity contribution in [2.45, 2.75) is 6.92 Å². The van der Waals surface area contributed by atoms with Gasteiger partial charge in [0.1, 0.15) is 22.8 Å². The number of allylic oxidation sites excluding steroid dienone is 1. The van der Waals surface area contributed by atoms with Gasteiger partial charge in [0, 0.05) is 19.1 Å². The van der Waals surface area contributed by atoms with Crippen molar-refractivity contribution in [1.29, 1.82) is 0 Å². The van der Waals surface area contributed by atoms with Gasteiger partial charge in [0.15, 0.2) is 11.5 Å². The summed E-state index contributed by atoms with van der Waals surface area (Å²) in [6.07, 6.45) is 1.62. The van der Waals surface area contributed by atoms with Crippen molar-refractivity contribution < 1.29 is 33.3 Å². The molecular weight excluding hydrogens is 444 g/mol.